The van der Waals surface area contributed by atoms with Crippen molar-refractivity contribution in [3.63, 3.8) is 0 Å². The highest BCUT2D eigenvalue weighted by atomic mass is 16.3. The van der Waals surface area contributed by atoms with Crippen molar-refractivity contribution >= 4 is 11.5 Å². The van der Waals surface area contributed by atoms with Gasteiger partial charge in [0.15, 0.2) is 6.54 Å². The third-order valence-electron chi connectivity index (χ3n) is 5.03. The lowest BCUT2D eigenvalue weighted by Crippen LogP contribution is -2.40. The van der Waals surface area contributed by atoms with Crippen LogP contribution in [0.25, 0.3) is 0 Å². The highest BCUT2D eigenvalue weighted by Crippen LogP contribution is 2.35. The van der Waals surface area contributed by atoms with Crippen LogP contribution in [0.2, 0.25) is 0 Å². The fourth-order valence-electron chi connectivity index (χ4n) is 3.87. The van der Waals surface area contributed by atoms with E-state index in [2.05, 4.69) is 33.7 Å². The van der Waals surface area contributed by atoms with E-state index in [0.29, 0.717) is 6.54 Å². The van der Waals surface area contributed by atoms with E-state index in [0.717, 1.165) is 24.9 Å². The maximum absolute atomic E-state index is 11.6. The first-order valence-corrected chi connectivity index (χ1v) is 8.53. The van der Waals surface area contributed by atoms with Crippen molar-refractivity contribution in [1.82, 2.24) is 0 Å². The molecule has 2 aliphatic rings. The predicted molar refractivity (Wildman–Crippen MR) is 92.7 cm³/mol. The molecule has 2 aliphatic heterocycles. The second kappa shape index (κ2) is 5.82. The summed E-state index contributed by atoms with van der Waals surface area (Å²) in [5.74, 6) is 1.26. The molecule has 0 bridgehead atoms. The first-order chi connectivity index (χ1) is 11.3. The minimum atomic E-state index is -0.934. The van der Waals surface area contributed by atoms with Crippen LogP contribution in [0.1, 0.15) is 31.2 Å². The lowest BCUT2D eigenvalue weighted by molar-refractivity contribution is -0.658. The average molecular weight is 307 g/mol. The van der Waals surface area contributed by atoms with Crippen LogP contribution in [0.5, 0.6) is 0 Å². The minimum absolute atomic E-state index is 0.594. The van der Waals surface area contributed by atoms with Gasteiger partial charge in [-0.3, -0.25) is 0 Å². The van der Waals surface area contributed by atoms with Gasteiger partial charge >= 0.3 is 0 Å². The maximum Gasteiger partial charge on any atom is 0.271 e. The Morgan fingerprint density at radius 3 is 2.30 bits per heavy atom. The normalized spacial score (nSPS) is 24.5. The Labute approximate surface area is 137 Å². The summed E-state index contributed by atoms with van der Waals surface area (Å²) in [5.41, 5.74) is 1.22. The molecule has 0 radical (unpaired) electrons. The molecule has 0 unspecified atom stereocenters. The Hall–Kier alpha value is -2.13. The fraction of sp³-hybridized carbons (Fsp3) is 0.350. The van der Waals surface area contributed by atoms with Crippen molar-refractivity contribution in [2.45, 2.75) is 31.4 Å². The van der Waals surface area contributed by atoms with E-state index in [1.165, 1.54) is 24.4 Å². The Balaban J connectivity index is 1.82. The molecular weight excluding hydrogens is 284 g/mol. The summed E-state index contributed by atoms with van der Waals surface area (Å²) in [6, 6.07) is 20.5. The van der Waals surface area contributed by atoms with Gasteiger partial charge in [0.05, 0.1) is 6.54 Å². The summed E-state index contributed by atoms with van der Waals surface area (Å²) in [6.07, 6.45) is 4.60. The molecule has 1 atom stereocenters. The molecule has 1 N–H and O–H groups in total. The van der Waals surface area contributed by atoms with Crippen LogP contribution in [0, 0.1) is 0 Å². The zero-order valence-electron chi connectivity index (χ0n) is 13.4. The molecule has 2 aromatic carbocycles. The molecule has 0 aromatic heterocycles. The van der Waals surface area contributed by atoms with Gasteiger partial charge in [-0.2, -0.15) is 0 Å². The van der Waals surface area contributed by atoms with Crippen LogP contribution in [-0.4, -0.2) is 28.6 Å². The summed E-state index contributed by atoms with van der Waals surface area (Å²) in [5, 5.41) is 11.6. The predicted octanol–water partition coefficient (Wildman–Crippen LogP) is 3.34. The highest BCUT2D eigenvalue weighted by Gasteiger charge is 2.51. The van der Waals surface area contributed by atoms with Gasteiger partial charge in [-0.25, -0.2) is 9.48 Å². The van der Waals surface area contributed by atoms with Gasteiger partial charge in [0, 0.05) is 12.0 Å². The third kappa shape index (κ3) is 2.45. The fourth-order valence-corrected chi connectivity index (χ4v) is 3.87. The quantitative estimate of drug-likeness (QED) is 0.861. The number of rotatable bonds is 2. The minimum Gasteiger partial charge on any atom is -0.346 e. The lowest BCUT2D eigenvalue weighted by Gasteiger charge is -2.23. The van der Waals surface area contributed by atoms with Gasteiger partial charge in [0.2, 0.25) is 0 Å². The largest absolute Gasteiger partial charge is 0.346 e. The van der Waals surface area contributed by atoms with Gasteiger partial charge < -0.3 is 5.11 Å². The Kier molecular flexibility index (Phi) is 3.66. The van der Waals surface area contributed by atoms with Crippen LogP contribution >= 0.6 is 0 Å². The lowest BCUT2D eigenvalue weighted by atomic mass is 10.0. The number of benzene rings is 2. The van der Waals surface area contributed by atoms with Crippen LogP contribution in [0.4, 0.5) is 5.69 Å². The second-order valence-electron chi connectivity index (χ2n) is 6.48. The molecule has 3 nitrogen and oxygen atoms in total. The molecule has 2 aromatic rings. The smallest absolute Gasteiger partial charge is 0.271 e. The van der Waals surface area contributed by atoms with Crippen molar-refractivity contribution in [3.8, 4) is 0 Å². The highest BCUT2D eigenvalue weighted by molar-refractivity contribution is 5.95. The van der Waals surface area contributed by atoms with E-state index < -0.39 is 5.72 Å². The number of amidine groups is 1. The molecule has 0 fully saturated rings. The molecule has 0 aliphatic carbocycles. The number of hydrogen-bond donors (Lipinski definition) is 1. The summed E-state index contributed by atoms with van der Waals surface area (Å²) >= 11 is 0. The number of nitrogens with zero attached hydrogens (tertiary/aromatic N) is 2. The van der Waals surface area contributed by atoms with Crippen molar-refractivity contribution < 1.29 is 9.68 Å². The van der Waals surface area contributed by atoms with E-state index in [9.17, 15) is 5.11 Å². The maximum atomic E-state index is 11.6. The summed E-state index contributed by atoms with van der Waals surface area (Å²) < 4.78 is 2.24. The van der Waals surface area contributed by atoms with Crippen molar-refractivity contribution in [1.29, 1.82) is 0 Å². The molecule has 23 heavy (non-hydrogen) atoms. The summed E-state index contributed by atoms with van der Waals surface area (Å²) in [6.45, 7) is 1.51. The molecule has 2 heterocycles. The van der Waals surface area contributed by atoms with Gasteiger partial charge in [-0.1, -0.05) is 48.5 Å². The topological polar surface area (TPSA) is 26.5 Å². The van der Waals surface area contributed by atoms with Crippen LogP contribution < -0.4 is 4.90 Å². The Morgan fingerprint density at radius 2 is 1.57 bits per heavy atom. The van der Waals surface area contributed by atoms with Gasteiger partial charge in [0.25, 0.3) is 11.6 Å². The molecule has 3 heteroatoms. The molecular formula is C20H23N2O+. The average Bonchev–Trinajstić information content (AvgIpc) is 2.77. The van der Waals surface area contributed by atoms with Gasteiger partial charge in [0.1, 0.15) is 5.69 Å². The summed E-state index contributed by atoms with van der Waals surface area (Å²) in [4.78, 5) is 2.30. The standard InChI is InChI=1S/C20H23N2O/c23-20(17-10-4-1-5-11-17)16-21(18-12-6-2-7-13-18)19-14-8-3-9-15-22(19)20/h1-2,4-7,10-13,23H,3,8-9,14-16H2/q+1/t20-/m1/s1. The number of aliphatic hydroxyl groups is 1. The van der Waals surface area contributed by atoms with Gasteiger partial charge in [-0.05, 0) is 31.4 Å². The van der Waals surface area contributed by atoms with Crippen molar-refractivity contribution in [2.75, 3.05) is 18.0 Å². The van der Waals surface area contributed by atoms with E-state index in [1.54, 1.807) is 0 Å². The Bertz CT molecular complexity index is 711. The molecule has 118 valence electrons. The summed E-state index contributed by atoms with van der Waals surface area (Å²) in [7, 11) is 0. The second-order valence-corrected chi connectivity index (χ2v) is 6.48. The van der Waals surface area contributed by atoms with Crippen LogP contribution in [0.15, 0.2) is 60.7 Å². The number of hydrogen-bond acceptors (Lipinski definition) is 2. The van der Waals surface area contributed by atoms with Gasteiger partial charge in [-0.15, -0.1) is 0 Å². The van der Waals surface area contributed by atoms with E-state index >= 15 is 0 Å². The van der Waals surface area contributed by atoms with Crippen molar-refractivity contribution in [3.05, 3.63) is 66.2 Å². The molecule has 4 rings (SSSR count). The number of para-hydroxylation sites is 1. The SMILES string of the molecule is O[C@@]1(c2ccccc2)CN(c2ccccc2)C2=[N+]1CCCCC2. The van der Waals surface area contributed by atoms with E-state index in [-0.39, 0.29) is 0 Å². The molecule has 0 saturated heterocycles. The molecule has 0 saturated carbocycles. The van der Waals surface area contributed by atoms with Crippen LogP contribution in [-0.2, 0) is 5.72 Å². The number of anilines is 1. The molecule has 0 spiro atoms. The van der Waals surface area contributed by atoms with E-state index in [4.69, 9.17) is 0 Å². The zero-order valence-corrected chi connectivity index (χ0v) is 13.4. The first-order valence-electron chi connectivity index (χ1n) is 8.53. The van der Waals surface area contributed by atoms with Crippen molar-refractivity contribution in [2.24, 2.45) is 0 Å². The zero-order chi connectivity index (χ0) is 15.7. The monoisotopic (exact) mass is 307 g/mol. The van der Waals surface area contributed by atoms with E-state index in [1.807, 2.05) is 36.4 Å². The molecule has 0 amide bonds. The third-order valence-corrected chi connectivity index (χ3v) is 5.03. The number of β-amino-alcohol motifs (C(OH)–C–C–N with tert-alkyl or cyclic N) is 1. The first kappa shape index (κ1) is 14.5. The van der Waals surface area contributed by atoms with Crippen LogP contribution in [0.3, 0.4) is 0 Å². The Morgan fingerprint density at radius 1 is 0.870 bits per heavy atom.